The highest BCUT2D eigenvalue weighted by atomic mass is 15.2. The number of anilines is 6. The summed E-state index contributed by atoms with van der Waals surface area (Å²) in [5.41, 5.74) is 20.7. The third-order valence-corrected chi connectivity index (χ3v) is 13.3. The summed E-state index contributed by atoms with van der Waals surface area (Å²) in [6.07, 6.45) is 4.61. The van der Waals surface area contributed by atoms with Crippen molar-refractivity contribution in [2.45, 2.75) is 5.41 Å². The summed E-state index contributed by atoms with van der Waals surface area (Å²) in [6.45, 7) is 0. The third kappa shape index (κ3) is 6.33. The van der Waals surface area contributed by atoms with Gasteiger partial charge in [-0.1, -0.05) is 206 Å². The van der Waals surface area contributed by atoms with Crippen molar-refractivity contribution in [3.63, 3.8) is 0 Å². The highest BCUT2D eigenvalue weighted by molar-refractivity contribution is 5.97. The molecule has 0 radical (unpaired) electrons. The van der Waals surface area contributed by atoms with Crippen molar-refractivity contribution >= 4 is 46.3 Å². The quantitative estimate of drug-likeness (QED) is 0.151. The summed E-state index contributed by atoms with van der Waals surface area (Å²) in [5.74, 6) is 0. The molecule has 0 N–H and O–H groups in total. The molecule has 2 nitrogen and oxygen atoms in total. The Morgan fingerprint density at radius 1 is 0.246 bits per heavy atom. The normalized spacial score (nSPS) is 12.7. The van der Waals surface area contributed by atoms with Gasteiger partial charge in [-0.3, -0.25) is 0 Å². The molecule has 0 fully saturated rings. The first-order chi connectivity index (χ1) is 32.3. The fraction of sp³-hybridized carbons (Fsp3) is 0.0159. The first kappa shape index (κ1) is 38.2. The van der Waals surface area contributed by atoms with Crippen LogP contribution in [-0.4, -0.2) is 0 Å². The van der Waals surface area contributed by atoms with Gasteiger partial charge in [-0.15, -0.1) is 0 Å². The van der Waals surface area contributed by atoms with Crippen molar-refractivity contribution in [1.82, 2.24) is 0 Å². The zero-order chi connectivity index (χ0) is 43.2. The van der Waals surface area contributed by atoms with E-state index in [1.165, 1.54) is 66.8 Å². The van der Waals surface area contributed by atoms with Crippen LogP contribution in [0.2, 0.25) is 0 Å². The van der Waals surface area contributed by atoms with Crippen LogP contribution in [-0.2, 0) is 5.41 Å². The smallest absolute Gasteiger partial charge is 0.0725 e. The predicted molar refractivity (Wildman–Crippen MR) is 273 cm³/mol. The van der Waals surface area contributed by atoms with E-state index in [1.807, 2.05) is 0 Å². The van der Waals surface area contributed by atoms with Gasteiger partial charge in [0.2, 0.25) is 0 Å². The summed E-state index contributed by atoms with van der Waals surface area (Å²) in [4.78, 5) is 4.86. The van der Waals surface area contributed by atoms with Gasteiger partial charge in [-0.2, -0.15) is 0 Å². The van der Waals surface area contributed by atoms with Gasteiger partial charge in [0.15, 0.2) is 0 Å². The van der Waals surface area contributed by atoms with Gasteiger partial charge in [-0.05, 0) is 116 Å². The van der Waals surface area contributed by atoms with Crippen LogP contribution in [0.1, 0.15) is 33.4 Å². The molecule has 0 atom stereocenters. The van der Waals surface area contributed by atoms with Gasteiger partial charge in [-0.25, -0.2) is 0 Å². The molecule has 2 aliphatic rings. The fourth-order valence-electron chi connectivity index (χ4n) is 10.5. The molecule has 2 aliphatic carbocycles. The molecule has 12 rings (SSSR count). The minimum absolute atomic E-state index is 0.586. The lowest BCUT2D eigenvalue weighted by molar-refractivity contribution is 0.766. The Hall–Kier alpha value is -8.46. The third-order valence-electron chi connectivity index (χ3n) is 13.3. The molecule has 2 heteroatoms. The van der Waals surface area contributed by atoms with E-state index < -0.39 is 5.41 Å². The van der Waals surface area contributed by atoms with Crippen molar-refractivity contribution in [3.8, 4) is 33.4 Å². The Kier molecular flexibility index (Phi) is 9.43. The van der Waals surface area contributed by atoms with Crippen LogP contribution >= 0.6 is 0 Å². The van der Waals surface area contributed by atoms with E-state index in [1.54, 1.807) is 0 Å². The molecule has 1 spiro atoms. The molecule has 306 valence electrons. The minimum Gasteiger partial charge on any atom is -0.310 e. The summed E-state index contributed by atoms with van der Waals surface area (Å²) < 4.78 is 0. The maximum Gasteiger partial charge on any atom is 0.0725 e. The molecule has 0 unspecified atom stereocenters. The number of hydrogen-bond donors (Lipinski definition) is 0. The Morgan fingerprint density at radius 2 is 0.600 bits per heavy atom. The number of benzene rings is 10. The lowest BCUT2D eigenvalue weighted by Gasteiger charge is -2.36. The van der Waals surface area contributed by atoms with Crippen molar-refractivity contribution in [2.24, 2.45) is 0 Å². The lowest BCUT2D eigenvalue weighted by atomic mass is 9.66. The summed E-state index contributed by atoms with van der Waals surface area (Å²) in [6, 6.07) is 93.1. The van der Waals surface area contributed by atoms with Crippen molar-refractivity contribution in [2.75, 3.05) is 9.80 Å². The molecule has 10 aromatic rings. The molecule has 0 saturated carbocycles. The van der Waals surface area contributed by atoms with E-state index in [4.69, 9.17) is 0 Å². The van der Waals surface area contributed by atoms with Crippen LogP contribution in [0.4, 0.5) is 34.1 Å². The molecule has 0 aromatic heterocycles. The Morgan fingerprint density at radius 3 is 1.03 bits per heavy atom. The van der Waals surface area contributed by atoms with Crippen LogP contribution in [0.3, 0.4) is 0 Å². The van der Waals surface area contributed by atoms with Gasteiger partial charge < -0.3 is 9.80 Å². The predicted octanol–water partition coefficient (Wildman–Crippen LogP) is 16.8. The average Bonchev–Trinajstić information content (AvgIpc) is 3.57. The van der Waals surface area contributed by atoms with Crippen molar-refractivity contribution in [1.29, 1.82) is 0 Å². The summed E-state index contributed by atoms with van der Waals surface area (Å²) >= 11 is 0. The zero-order valence-corrected chi connectivity index (χ0v) is 35.8. The largest absolute Gasteiger partial charge is 0.310 e. The summed E-state index contributed by atoms with van der Waals surface area (Å²) in [5, 5.41) is 0. The maximum absolute atomic E-state index is 2.45. The fourth-order valence-corrected chi connectivity index (χ4v) is 10.5. The number of rotatable bonds is 8. The number of nitrogens with zero attached hydrogens (tertiary/aromatic N) is 2. The molecule has 0 heterocycles. The monoisotopic (exact) mass is 828 g/mol. The topological polar surface area (TPSA) is 6.48 Å². The van der Waals surface area contributed by atoms with E-state index in [2.05, 4.69) is 277 Å². The number of hydrogen-bond acceptors (Lipinski definition) is 2. The van der Waals surface area contributed by atoms with Gasteiger partial charge >= 0.3 is 0 Å². The second-order valence-electron chi connectivity index (χ2n) is 16.8. The standard InChI is InChI=1S/C63H44N2/c1-5-21-45(22-6-1)53-31-15-19-35-61(53)64(49-27-9-3-10-28-49)51-39-41-59-55(43-51)56-44-52(65(50-29-11-4-12-30-50)62-36-20-16-32-54(62)46-23-7-2-8-24-46)40-42-60(56)63(59)57-33-17-13-25-47(57)37-38-48-26-14-18-34-58(48)63/h1-44H. The molecular formula is C63H44N2. The van der Waals surface area contributed by atoms with Crippen LogP contribution in [0.15, 0.2) is 255 Å². The highest BCUT2D eigenvalue weighted by Gasteiger charge is 2.49. The van der Waals surface area contributed by atoms with Crippen LogP contribution < -0.4 is 9.80 Å². The molecule has 10 aromatic carbocycles. The Bertz CT molecular complexity index is 3150. The van der Waals surface area contributed by atoms with Crippen LogP contribution in [0.5, 0.6) is 0 Å². The molecular weight excluding hydrogens is 785 g/mol. The van der Waals surface area contributed by atoms with E-state index in [-0.39, 0.29) is 0 Å². The Labute approximate surface area is 381 Å². The molecule has 0 amide bonds. The zero-order valence-electron chi connectivity index (χ0n) is 35.8. The molecule has 0 bridgehead atoms. The van der Waals surface area contributed by atoms with E-state index in [9.17, 15) is 0 Å². The SMILES string of the molecule is C1=Cc2ccccc2C2(c3ccccc31)c1ccc(N(c3ccccc3)c3ccccc3-c3ccccc3)cc1-c1cc(N(c3ccccc3)c3ccccc3-c3ccccc3)ccc12. The van der Waals surface area contributed by atoms with Gasteiger partial charge in [0.1, 0.15) is 0 Å². The second kappa shape index (κ2) is 16.0. The van der Waals surface area contributed by atoms with Crippen molar-refractivity contribution in [3.05, 3.63) is 288 Å². The van der Waals surface area contributed by atoms with Gasteiger partial charge in [0.05, 0.1) is 16.8 Å². The number of para-hydroxylation sites is 4. The highest BCUT2D eigenvalue weighted by Crippen LogP contribution is 2.60. The van der Waals surface area contributed by atoms with E-state index in [0.717, 1.165) is 34.1 Å². The van der Waals surface area contributed by atoms with E-state index >= 15 is 0 Å². The van der Waals surface area contributed by atoms with Gasteiger partial charge in [0.25, 0.3) is 0 Å². The first-order valence-corrected chi connectivity index (χ1v) is 22.4. The van der Waals surface area contributed by atoms with Gasteiger partial charge in [0, 0.05) is 33.9 Å². The van der Waals surface area contributed by atoms with Crippen LogP contribution in [0, 0.1) is 0 Å². The molecule has 65 heavy (non-hydrogen) atoms. The minimum atomic E-state index is -0.586. The summed E-state index contributed by atoms with van der Waals surface area (Å²) in [7, 11) is 0. The van der Waals surface area contributed by atoms with Crippen molar-refractivity contribution < 1.29 is 0 Å². The second-order valence-corrected chi connectivity index (χ2v) is 16.8. The molecule has 0 aliphatic heterocycles. The maximum atomic E-state index is 2.45. The lowest BCUT2D eigenvalue weighted by Crippen LogP contribution is -2.30. The van der Waals surface area contributed by atoms with E-state index in [0.29, 0.717) is 0 Å². The Balaban J connectivity index is 1.15. The number of fused-ring (bicyclic) bond motifs is 9. The first-order valence-electron chi connectivity index (χ1n) is 22.4. The average molecular weight is 829 g/mol. The molecule has 0 saturated heterocycles. The van der Waals surface area contributed by atoms with Crippen LogP contribution in [0.25, 0.3) is 45.5 Å².